The van der Waals surface area contributed by atoms with Gasteiger partial charge >= 0.3 is 6.03 Å². The van der Waals surface area contributed by atoms with Crippen molar-refractivity contribution in [2.24, 2.45) is 5.92 Å². The molecule has 2 fully saturated rings. The van der Waals surface area contributed by atoms with Gasteiger partial charge in [-0.15, -0.1) is 11.3 Å². The molecule has 0 spiro atoms. The van der Waals surface area contributed by atoms with Crippen LogP contribution < -0.4 is 5.32 Å². The van der Waals surface area contributed by atoms with E-state index < -0.39 is 0 Å². The maximum atomic E-state index is 12.7. The molecule has 2 saturated heterocycles. The quantitative estimate of drug-likeness (QED) is 0.898. The molecule has 0 saturated carbocycles. The van der Waals surface area contributed by atoms with Crippen LogP contribution in [0.3, 0.4) is 0 Å². The predicted molar refractivity (Wildman–Crippen MR) is 94.9 cm³/mol. The average Bonchev–Trinajstić information content (AvgIpc) is 3.13. The molecule has 0 radical (unpaired) electrons. The average molecular weight is 350 g/mol. The number of nitrogens with one attached hydrogen (secondary N) is 1. The topological polar surface area (TPSA) is 55.9 Å². The second-order valence-electron chi connectivity index (χ2n) is 6.65. The van der Waals surface area contributed by atoms with Crippen LogP contribution in [0.2, 0.25) is 0 Å². The SMILES string of the molecule is CN1CCN(C(=O)C2CCCN(C(=O)NCc3cccs3)C2)CC1. The summed E-state index contributed by atoms with van der Waals surface area (Å²) in [6.07, 6.45) is 1.79. The number of thiophene rings is 1. The zero-order valence-electron chi connectivity index (χ0n) is 14.2. The summed E-state index contributed by atoms with van der Waals surface area (Å²) in [6, 6.07) is 3.94. The first kappa shape index (κ1) is 17.2. The lowest BCUT2D eigenvalue weighted by atomic mass is 9.96. The number of amides is 3. The van der Waals surface area contributed by atoms with E-state index in [0.29, 0.717) is 13.1 Å². The van der Waals surface area contributed by atoms with Crippen molar-refractivity contribution in [2.75, 3.05) is 46.3 Å². The van der Waals surface area contributed by atoms with E-state index in [9.17, 15) is 9.59 Å². The van der Waals surface area contributed by atoms with Gasteiger partial charge in [-0.2, -0.15) is 0 Å². The molecule has 3 heterocycles. The Morgan fingerprint density at radius 3 is 2.71 bits per heavy atom. The van der Waals surface area contributed by atoms with Gasteiger partial charge < -0.3 is 20.0 Å². The third kappa shape index (κ3) is 4.27. The fraction of sp³-hybridized carbons (Fsp3) is 0.647. The fourth-order valence-electron chi connectivity index (χ4n) is 3.34. The second-order valence-corrected chi connectivity index (χ2v) is 7.68. The van der Waals surface area contributed by atoms with Gasteiger partial charge in [0.15, 0.2) is 0 Å². The molecule has 6 nitrogen and oxygen atoms in total. The van der Waals surface area contributed by atoms with Crippen LogP contribution in [0.15, 0.2) is 17.5 Å². The number of piperazine rings is 1. The first-order valence-electron chi connectivity index (χ1n) is 8.66. The highest BCUT2D eigenvalue weighted by Gasteiger charge is 2.32. The molecule has 0 bridgehead atoms. The lowest BCUT2D eigenvalue weighted by molar-refractivity contribution is -0.138. The van der Waals surface area contributed by atoms with Gasteiger partial charge in [0.1, 0.15) is 0 Å². The molecule has 0 aliphatic carbocycles. The van der Waals surface area contributed by atoms with E-state index in [-0.39, 0.29) is 17.9 Å². The van der Waals surface area contributed by atoms with Crippen molar-refractivity contribution >= 4 is 23.3 Å². The monoisotopic (exact) mass is 350 g/mol. The number of likely N-dealkylation sites (N-methyl/N-ethyl adjacent to an activating group) is 1. The van der Waals surface area contributed by atoms with E-state index in [1.54, 1.807) is 16.2 Å². The molecule has 132 valence electrons. The molecular formula is C17H26N4O2S. The minimum atomic E-state index is -0.0562. The van der Waals surface area contributed by atoms with Crippen LogP contribution in [0.1, 0.15) is 17.7 Å². The number of carbonyl (C=O) groups is 2. The smallest absolute Gasteiger partial charge is 0.317 e. The van der Waals surface area contributed by atoms with Crippen LogP contribution in [0.25, 0.3) is 0 Å². The van der Waals surface area contributed by atoms with E-state index >= 15 is 0 Å². The maximum absolute atomic E-state index is 12.7. The predicted octanol–water partition coefficient (Wildman–Crippen LogP) is 1.44. The molecule has 1 N–H and O–H groups in total. The van der Waals surface area contributed by atoms with E-state index in [1.165, 1.54) is 0 Å². The van der Waals surface area contributed by atoms with Crippen LogP contribution in [0.4, 0.5) is 4.79 Å². The van der Waals surface area contributed by atoms with Crippen LogP contribution in [0, 0.1) is 5.92 Å². The fourth-order valence-corrected chi connectivity index (χ4v) is 3.98. The Labute approximate surface area is 147 Å². The number of hydrogen-bond donors (Lipinski definition) is 1. The summed E-state index contributed by atoms with van der Waals surface area (Å²) in [4.78, 5) is 32.3. The molecule has 3 amide bonds. The van der Waals surface area contributed by atoms with E-state index in [4.69, 9.17) is 0 Å². The zero-order chi connectivity index (χ0) is 16.9. The number of piperidine rings is 1. The minimum absolute atomic E-state index is 0.0466. The first-order valence-corrected chi connectivity index (χ1v) is 9.54. The number of likely N-dealkylation sites (tertiary alicyclic amines) is 1. The Bertz CT molecular complexity index is 555. The van der Waals surface area contributed by atoms with Crippen molar-refractivity contribution in [1.29, 1.82) is 0 Å². The minimum Gasteiger partial charge on any atom is -0.340 e. The van der Waals surface area contributed by atoms with Crippen LogP contribution in [0.5, 0.6) is 0 Å². The Hall–Kier alpha value is -1.60. The summed E-state index contributed by atoms with van der Waals surface area (Å²) < 4.78 is 0. The Morgan fingerprint density at radius 2 is 2.00 bits per heavy atom. The normalized spacial score (nSPS) is 22.5. The molecule has 0 aromatic carbocycles. The molecule has 1 aromatic heterocycles. The second kappa shape index (κ2) is 7.98. The Morgan fingerprint density at radius 1 is 1.21 bits per heavy atom. The number of carbonyl (C=O) groups excluding carboxylic acids is 2. The molecule has 3 rings (SSSR count). The summed E-state index contributed by atoms with van der Waals surface area (Å²) in [5, 5.41) is 4.97. The van der Waals surface area contributed by atoms with Crippen molar-refractivity contribution in [3.63, 3.8) is 0 Å². The molecule has 1 aromatic rings. The molecule has 2 aliphatic heterocycles. The number of urea groups is 1. The summed E-state index contributed by atoms with van der Waals surface area (Å²) >= 11 is 1.64. The van der Waals surface area contributed by atoms with E-state index in [2.05, 4.69) is 17.3 Å². The van der Waals surface area contributed by atoms with Gasteiger partial charge in [0.2, 0.25) is 5.91 Å². The van der Waals surface area contributed by atoms with Crippen molar-refractivity contribution in [3.8, 4) is 0 Å². The van der Waals surface area contributed by atoms with Crippen LogP contribution in [-0.2, 0) is 11.3 Å². The summed E-state index contributed by atoms with van der Waals surface area (Å²) in [6.45, 7) is 5.31. The van der Waals surface area contributed by atoms with Gasteiger partial charge in [-0.25, -0.2) is 4.79 Å². The van der Waals surface area contributed by atoms with Gasteiger partial charge in [-0.05, 0) is 31.3 Å². The van der Waals surface area contributed by atoms with Crippen molar-refractivity contribution in [1.82, 2.24) is 20.0 Å². The maximum Gasteiger partial charge on any atom is 0.317 e. The highest BCUT2D eigenvalue weighted by molar-refractivity contribution is 7.09. The molecule has 7 heteroatoms. The molecule has 1 atom stereocenters. The largest absolute Gasteiger partial charge is 0.340 e. The highest BCUT2D eigenvalue weighted by atomic mass is 32.1. The van der Waals surface area contributed by atoms with Crippen LogP contribution >= 0.6 is 11.3 Å². The van der Waals surface area contributed by atoms with Gasteiger partial charge in [-0.3, -0.25) is 4.79 Å². The summed E-state index contributed by atoms with van der Waals surface area (Å²) in [7, 11) is 2.09. The lowest BCUT2D eigenvalue weighted by Crippen LogP contribution is -2.53. The molecule has 1 unspecified atom stereocenters. The molecule has 2 aliphatic rings. The highest BCUT2D eigenvalue weighted by Crippen LogP contribution is 2.20. The van der Waals surface area contributed by atoms with Crippen LogP contribution in [-0.4, -0.2) is 73.0 Å². The molecular weight excluding hydrogens is 324 g/mol. The third-order valence-corrected chi connectivity index (χ3v) is 5.74. The zero-order valence-corrected chi connectivity index (χ0v) is 15.1. The van der Waals surface area contributed by atoms with Gasteiger partial charge in [-0.1, -0.05) is 6.07 Å². The third-order valence-electron chi connectivity index (χ3n) is 4.87. The van der Waals surface area contributed by atoms with Gasteiger partial charge in [0, 0.05) is 44.1 Å². The standard InChI is InChI=1S/C17H26N4O2S/c1-19-7-9-20(10-8-19)16(22)14-4-2-6-21(13-14)17(23)18-12-15-5-3-11-24-15/h3,5,11,14H,2,4,6-10,12-13H2,1H3,(H,18,23). The Kier molecular flexibility index (Phi) is 5.73. The number of hydrogen-bond acceptors (Lipinski definition) is 4. The van der Waals surface area contributed by atoms with Gasteiger partial charge in [0.05, 0.1) is 12.5 Å². The first-order chi connectivity index (χ1) is 11.6. The van der Waals surface area contributed by atoms with Crippen molar-refractivity contribution in [3.05, 3.63) is 22.4 Å². The summed E-state index contributed by atoms with van der Waals surface area (Å²) in [5.74, 6) is 0.175. The lowest BCUT2D eigenvalue weighted by Gasteiger charge is -2.38. The number of nitrogens with zero attached hydrogens (tertiary/aromatic N) is 3. The summed E-state index contributed by atoms with van der Waals surface area (Å²) in [5.41, 5.74) is 0. The molecule has 24 heavy (non-hydrogen) atoms. The van der Waals surface area contributed by atoms with E-state index in [0.717, 1.165) is 50.4 Å². The number of rotatable bonds is 3. The van der Waals surface area contributed by atoms with Crippen molar-refractivity contribution in [2.45, 2.75) is 19.4 Å². The van der Waals surface area contributed by atoms with E-state index in [1.807, 2.05) is 22.4 Å². The Balaban J connectivity index is 1.50. The van der Waals surface area contributed by atoms with Gasteiger partial charge in [0.25, 0.3) is 0 Å². The van der Waals surface area contributed by atoms with Crippen molar-refractivity contribution < 1.29 is 9.59 Å².